The molecule has 0 saturated heterocycles. The first-order valence-corrected chi connectivity index (χ1v) is 8.64. The monoisotopic (exact) mass is 439 g/mol. The lowest BCUT2D eigenvalue weighted by molar-refractivity contribution is -0.284. The topological polar surface area (TPSA) is 26.0 Å². The first-order chi connectivity index (χ1) is 8.25. The molecule has 6 aliphatic rings. The number of alkyl halides is 9. The second-order valence-corrected chi connectivity index (χ2v) is 11.3. The van der Waals surface area contributed by atoms with Gasteiger partial charge in [-0.25, -0.2) is 0 Å². The molecular weight excluding hydrogens is 441 g/mol. The van der Waals surface area contributed by atoms with Gasteiger partial charge in [0.1, 0.15) is 34.1 Å². The van der Waals surface area contributed by atoms with Gasteiger partial charge in [-0.3, -0.25) is 0 Å². The average molecular weight is 443 g/mol. The fraction of sp³-hybridized carbons (Fsp3) is 1.00. The zero-order valence-electron chi connectivity index (χ0n) is 8.48. The van der Waals surface area contributed by atoms with Gasteiger partial charge in [-0.05, 0) is 0 Å². The minimum absolute atomic E-state index is 1.27. The number of hydrogen-bond acceptors (Lipinski definition) is 1. The Kier molecular flexibility index (Phi) is 1.81. The zero-order chi connectivity index (χ0) is 14.5. The van der Waals surface area contributed by atoms with E-state index < -0.39 is 44.0 Å². The molecule has 6 aliphatic carbocycles. The molecule has 1 nitrogen and oxygen atoms in total. The average Bonchev–Trinajstić information content (AvgIpc) is 2.44. The Morgan fingerprint density at radius 1 is 0.421 bits per heavy atom. The lowest BCUT2D eigenvalue weighted by atomic mass is 9.13. The van der Waals surface area contributed by atoms with Crippen molar-refractivity contribution < 1.29 is 0 Å². The maximum absolute atomic E-state index is 6.62. The summed E-state index contributed by atoms with van der Waals surface area (Å²) in [6.45, 7) is 0. The number of nitrogens with two attached hydrogens (primary N) is 1. The second kappa shape index (κ2) is 2.46. The Bertz CT molecular complexity index is 549. The third-order valence-corrected chi connectivity index (χ3v) is 14.6. The van der Waals surface area contributed by atoms with E-state index in [9.17, 15) is 0 Å². The molecular formula is C9H2Cl9N. The van der Waals surface area contributed by atoms with E-state index in [0.29, 0.717) is 0 Å². The van der Waals surface area contributed by atoms with E-state index in [1.807, 2.05) is 0 Å². The molecule has 6 saturated carbocycles. The van der Waals surface area contributed by atoms with Crippen molar-refractivity contribution in [2.24, 2.45) is 5.73 Å². The standard InChI is InChI=1S/C9H2Cl9N/c10-1-3(12)2(11)5(14)7(16,4(1,13)8(3,5)19)9(17,18)6(1,2)15/h19H2/t1-,2+,3?,4-,5-,6?,7?,8?/m1/s1. The van der Waals surface area contributed by atoms with Crippen LogP contribution in [-0.2, 0) is 0 Å². The van der Waals surface area contributed by atoms with Gasteiger partial charge < -0.3 is 5.73 Å². The van der Waals surface area contributed by atoms with Crippen LogP contribution < -0.4 is 5.73 Å². The lowest BCUT2D eigenvalue weighted by Gasteiger charge is -3.05. The summed E-state index contributed by atoms with van der Waals surface area (Å²) >= 11 is 59.1. The summed E-state index contributed by atoms with van der Waals surface area (Å²) in [7, 11) is 0. The van der Waals surface area contributed by atoms with Gasteiger partial charge in [-0.1, -0.05) is 23.2 Å². The zero-order valence-corrected chi connectivity index (χ0v) is 15.3. The molecule has 6 rings (SSSR count). The van der Waals surface area contributed by atoms with Crippen LogP contribution >= 0.6 is 104 Å². The highest BCUT2D eigenvalue weighted by molar-refractivity contribution is 6.78. The van der Waals surface area contributed by atoms with Crippen LogP contribution in [0, 0.1) is 0 Å². The van der Waals surface area contributed by atoms with E-state index in [1.54, 1.807) is 0 Å². The van der Waals surface area contributed by atoms with Crippen molar-refractivity contribution in [3.8, 4) is 0 Å². The number of hydrogen-bond donors (Lipinski definition) is 1. The third kappa shape index (κ3) is 0.496. The quantitative estimate of drug-likeness (QED) is 0.567. The maximum Gasteiger partial charge on any atom is 0.163 e. The third-order valence-electron chi connectivity index (χ3n) is 6.29. The van der Waals surface area contributed by atoms with Crippen molar-refractivity contribution in [1.29, 1.82) is 0 Å². The highest BCUT2D eigenvalue weighted by Crippen LogP contribution is 3.15. The molecule has 6 fully saturated rings. The fourth-order valence-corrected chi connectivity index (χ4v) is 13.8. The van der Waals surface area contributed by atoms with Crippen molar-refractivity contribution in [3.05, 3.63) is 0 Å². The Balaban J connectivity index is 2.02. The Hall–Kier alpha value is 2.57. The number of halogens is 9. The largest absolute Gasteiger partial charge is 0.320 e. The Morgan fingerprint density at radius 3 is 1.05 bits per heavy atom. The first-order valence-electron chi connectivity index (χ1n) is 5.24. The van der Waals surface area contributed by atoms with E-state index >= 15 is 0 Å². The molecule has 0 aromatic carbocycles. The molecule has 10 heteroatoms. The molecule has 2 bridgehead atoms. The minimum Gasteiger partial charge on any atom is -0.320 e. The Morgan fingerprint density at radius 2 is 0.684 bits per heavy atom. The molecule has 106 valence electrons. The number of rotatable bonds is 0. The van der Waals surface area contributed by atoms with E-state index in [2.05, 4.69) is 0 Å². The molecule has 19 heavy (non-hydrogen) atoms. The van der Waals surface area contributed by atoms with Crippen LogP contribution in [0.3, 0.4) is 0 Å². The summed E-state index contributed by atoms with van der Waals surface area (Å²) in [4.78, 5) is -10.1. The Labute approximate surface area is 153 Å². The molecule has 0 radical (unpaired) electrons. The highest BCUT2D eigenvalue weighted by Gasteiger charge is 3.36. The van der Waals surface area contributed by atoms with Gasteiger partial charge in [0, 0.05) is 0 Å². The van der Waals surface area contributed by atoms with Gasteiger partial charge in [-0.15, -0.1) is 81.2 Å². The van der Waals surface area contributed by atoms with E-state index in [-0.39, 0.29) is 0 Å². The van der Waals surface area contributed by atoms with Crippen molar-refractivity contribution in [2.45, 2.75) is 44.0 Å². The fourth-order valence-electron chi connectivity index (χ4n) is 5.81. The highest BCUT2D eigenvalue weighted by atomic mass is 35.5. The summed E-state index contributed by atoms with van der Waals surface area (Å²) in [6.07, 6.45) is 0. The summed E-state index contributed by atoms with van der Waals surface area (Å²) in [5, 5.41) is 0. The first kappa shape index (κ1) is 14.0. The molecule has 4 unspecified atom stereocenters. The summed E-state index contributed by atoms with van der Waals surface area (Å²) in [5.74, 6) is 0. The predicted molar refractivity (Wildman–Crippen MR) is 81.4 cm³/mol. The van der Waals surface area contributed by atoms with Gasteiger partial charge >= 0.3 is 0 Å². The van der Waals surface area contributed by atoms with Gasteiger partial charge in [-0.2, -0.15) is 0 Å². The molecule has 2 N–H and O–H groups in total. The SMILES string of the molecule is NC12C3(Cl)[C@]4(Cl)C5(Cl)C(Cl)(Cl)C(Cl)([C@@]14Cl)[C@]2(Cl)[C@]53Cl. The van der Waals surface area contributed by atoms with Crippen molar-refractivity contribution in [3.63, 3.8) is 0 Å². The maximum atomic E-state index is 6.62. The van der Waals surface area contributed by atoms with Crippen LogP contribution in [0.25, 0.3) is 0 Å². The van der Waals surface area contributed by atoms with E-state index in [0.717, 1.165) is 0 Å². The van der Waals surface area contributed by atoms with Crippen LogP contribution in [-0.4, -0.2) is 44.0 Å². The molecule has 8 atom stereocenters. The lowest BCUT2D eigenvalue weighted by Crippen LogP contribution is -3.30. The van der Waals surface area contributed by atoms with Crippen LogP contribution in [0.5, 0.6) is 0 Å². The van der Waals surface area contributed by atoms with Crippen molar-refractivity contribution in [1.82, 2.24) is 0 Å². The second-order valence-electron chi connectivity index (χ2n) is 5.99. The van der Waals surface area contributed by atoms with Crippen LogP contribution in [0.15, 0.2) is 0 Å². The summed E-state index contributed by atoms with van der Waals surface area (Å²) in [5.41, 5.74) is 5.03. The van der Waals surface area contributed by atoms with Crippen molar-refractivity contribution in [2.75, 3.05) is 0 Å². The summed E-state index contributed by atoms with van der Waals surface area (Å²) in [6, 6.07) is 0. The van der Waals surface area contributed by atoms with E-state index in [4.69, 9.17) is 110 Å². The van der Waals surface area contributed by atoms with Gasteiger partial charge in [0.05, 0.1) is 5.54 Å². The van der Waals surface area contributed by atoms with Crippen LogP contribution in [0.1, 0.15) is 0 Å². The van der Waals surface area contributed by atoms with Gasteiger partial charge in [0.2, 0.25) is 0 Å². The summed E-state index contributed by atoms with van der Waals surface area (Å²) < 4.78 is -1.76. The molecule has 0 heterocycles. The van der Waals surface area contributed by atoms with E-state index in [1.165, 1.54) is 0 Å². The molecule has 0 spiro atoms. The normalized spacial score (nSPS) is 87.5. The molecule has 0 aromatic rings. The smallest absolute Gasteiger partial charge is 0.163 e. The predicted octanol–water partition coefficient (Wildman–Crippen LogP) is 3.77. The molecule has 0 amide bonds. The molecule has 0 aromatic heterocycles. The van der Waals surface area contributed by atoms with Gasteiger partial charge in [0.25, 0.3) is 0 Å². The van der Waals surface area contributed by atoms with Crippen LogP contribution in [0.2, 0.25) is 0 Å². The molecule has 0 aliphatic heterocycles. The van der Waals surface area contributed by atoms with Crippen LogP contribution in [0.4, 0.5) is 0 Å². The minimum atomic E-state index is -1.76. The van der Waals surface area contributed by atoms with Crippen molar-refractivity contribution >= 4 is 104 Å². The van der Waals surface area contributed by atoms with Gasteiger partial charge in [0.15, 0.2) is 4.33 Å².